The molecule has 5 heteroatoms. The molecule has 0 bridgehead atoms. The Kier molecular flexibility index (Phi) is 6.42. The van der Waals surface area contributed by atoms with Gasteiger partial charge in [0.15, 0.2) is 0 Å². The minimum atomic E-state index is -0.234. The zero-order valence-corrected chi connectivity index (χ0v) is 13.3. The van der Waals surface area contributed by atoms with Crippen LogP contribution in [0.15, 0.2) is 22.7 Å². The maximum absolute atomic E-state index is 13.7. The Labute approximate surface area is 128 Å². The van der Waals surface area contributed by atoms with Gasteiger partial charge in [0.1, 0.15) is 5.82 Å². The second kappa shape index (κ2) is 8.08. The third-order valence-corrected chi connectivity index (χ3v) is 4.25. The van der Waals surface area contributed by atoms with Crippen LogP contribution in [0, 0.1) is 11.7 Å². The highest BCUT2D eigenvalue weighted by Gasteiger charge is 2.27. The van der Waals surface area contributed by atoms with Gasteiger partial charge in [-0.1, -0.05) is 6.07 Å². The van der Waals surface area contributed by atoms with Crippen LogP contribution in [0.4, 0.5) is 4.39 Å². The first-order valence-electron chi connectivity index (χ1n) is 6.98. The molecule has 20 heavy (non-hydrogen) atoms. The van der Waals surface area contributed by atoms with Gasteiger partial charge in [0.2, 0.25) is 0 Å². The molecule has 0 amide bonds. The molecule has 0 aliphatic carbocycles. The van der Waals surface area contributed by atoms with E-state index in [1.165, 1.54) is 0 Å². The maximum Gasteiger partial charge on any atom is 0.137 e. The van der Waals surface area contributed by atoms with Crippen molar-refractivity contribution >= 4 is 15.9 Å². The fourth-order valence-electron chi connectivity index (χ4n) is 2.57. The van der Waals surface area contributed by atoms with Crippen LogP contribution in [-0.4, -0.2) is 33.4 Å². The summed E-state index contributed by atoms with van der Waals surface area (Å²) in [6, 6.07) is 5.26. The first kappa shape index (κ1) is 15.9. The monoisotopic (exact) mass is 345 g/mol. The van der Waals surface area contributed by atoms with Gasteiger partial charge in [-0.3, -0.25) is 0 Å². The van der Waals surface area contributed by atoms with Crippen molar-refractivity contribution in [3.8, 4) is 0 Å². The number of methoxy groups -OCH3 is 1. The van der Waals surface area contributed by atoms with Crippen molar-refractivity contribution < 1.29 is 13.9 Å². The standard InChI is InChI=1S/C15H21BrFNO2/c1-19-8-6-18-10-12-3-2-7-20-15(12)11-4-5-13(16)14(17)9-11/h4-5,9,12,15,18H,2-3,6-8,10H2,1H3. The first-order valence-corrected chi connectivity index (χ1v) is 7.78. The summed E-state index contributed by atoms with van der Waals surface area (Å²) in [7, 11) is 1.69. The summed E-state index contributed by atoms with van der Waals surface area (Å²) >= 11 is 3.19. The second-order valence-corrected chi connectivity index (χ2v) is 5.92. The van der Waals surface area contributed by atoms with E-state index in [0.29, 0.717) is 17.0 Å². The molecule has 1 heterocycles. The van der Waals surface area contributed by atoms with Crippen LogP contribution in [0.1, 0.15) is 24.5 Å². The van der Waals surface area contributed by atoms with E-state index in [2.05, 4.69) is 21.2 Å². The number of ether oxygens (including phenoxy) is 2. The second-order valence-electron chi connectivity index (χ2n) is 5.06. The van der Waals surface area contributed by atoms with Gasteiger partial charge in [-0.25, -0.2) is 4.39 Å². The van der Waals surface area contributed by atoms with Gasteiger partial charge in [0, 0.05) is 32.7 Å². The fraction of sp³-hybridized carbons (Fsp3) is 0.600. The Morgan fingerprint density at radius 1 is 1.50 bits per heavy atom. The van der Waals surface area contributed by atoms with E-state index in [4.69, 9.17) is 9.47 Å². The van der Waals surface area contributed by atoms with E-state index in [-0.39, 0.29) is 11.9 Å². The van der Waals surface area contributed by atoms with E-state index >= 15 is 0 Å². The molecule has 3 nitrogen and oxygen atoms in total. The molecule has 1 aliphatic rings. The summed E-state index contributed by atoms with van der Waals surface area (Å²) in [4.78, 5) is 0. The molecule has 0 spiro atoms. The number of hydrogen-bond donors (Lipinski definition) is 1. The Bertz CT molecular complexity index is 430. The molecule has 1 N–H and O–H groups in total. The van der Waals surface area contributed by atoms with Gasteiger partial charge in [0.25, 0.3) is 0 Å². The van der Waals surface area contributed by atoms with Crippen molar-refractivity contribution in [2.75, 3.05) is 33.4 Å². The minimum Gasteiger partial charge on any atom is -0.383 e. The summed E-state index contributed by atoms with van der Waals surface area (Å²) in [6.45, 7) is 3.14. The van der Waals surface area contributed by atoms with Crippen molar-refractivity contribution in [2.45, 2.75) is 18.9 Å². The molecule has 1 fully saturated rings. The summed E-state index contributed by atoms with van der Waals surface area (Å²) in [5, 5.41) is 3.37. The zero-order chi connectivity index (χ0) is 14.4. The fourth-order valence-corrected chi connectivity index (χ4v) is 2.82. The largest absolute Gasteiger partial charge is 0.383 e. The van der Waals surface area contributed by atoms with E-state index in [1.807, 2.05) is 6.07 Å². The third kappa shape index (κ3) is 4.25. The van der Waals surface area contributed by atoms with E-state index in [9.17, 15) is 4.39 Å². The highest BCUT2D eigenvalue weighted by atomic mass is 79.9. The normalized spacial score (nSPS) is 22.9. The van der Waals surface area contributed by atoms with Gasteiger partial charge < -0.3 is 14.8 Å². The smallest absolute Gasteiger partial charge is 0.137 e. The molecule has 0 aromatic heterocycles. The maximum atomic E-state index is 13.7. The Balaban J connectivity index is 2.00. The molecule has 0 saturated carbocycles. The van der Waals surface area contributed by atoms with E-state index < -0.39 is 0 Å². The predicted molar refractivity (Wildman–Crippen MR) is 80.3 cm³/mol. The molecule has 2 rings (SSSR count). The van der Waals surface area contributed by atoms with Gasteiger partial charge in [-0.05, 0) is 46.5 Å². The molecule has 1 aromatic rings. The van der Waals surface area contributed by atoms with Crippen molar-refractivity contribution in [3.05, 3.63) is 34.1 Å². The molecule has 1 aromatic carbocycles. The lowest BCUT2D eigenvalue weighted by atomic mass is 9.89. The average molecular weight is 346 g/mol. The molecule has 112 valence electrons. The number of hydrogen-bond acceptors (Lipinski definition) is 3. The summed E-state index contributed by atoms with van der Waals surface area (Å²) in [6.07, 6.45) is 2.13. The van der Waals surface area contributed by atoms with Gasteiger partial charge >= 0.3 is 0 Å². The number of nitrogens with one attached hydrogen (secondary N) is 1. The predicted octanol–water partition coefficient (Wildman–Crippen LogP) is 3.29. The van der Waals surface area contributed by atoms with Gasteiger partial charge in [-0.2, -0.15) is 0 Å². The quantitative estimate of drug-likeness (QED) is 0.802. The van der Waals surface area contributed by atoms with Crippen LogP contribution >= 0.6 is 15.9 Å². The van der Waals surface area contributed by atoms with Crippen LogP contribution in [0.25, 0.3) is 0 Å². The van der Waals surface area contributed by atoms with E-state index in [0.717, 1.165) is 38.1 Å². The molecule has 1 aliphatic heterocycles. The average Bonchev–Trinajstić information content (AvgIpc) is 2.47. The Morgan fingerprint density at radius 3 is 3.10 bits per heavy atom. The zero-order valence-electron chi connectivity index (χ0n) is 11.7. The third-order valence-electron chi connectivity index (χ3n) is 3.61. The molecule has 2 atom stereocenters. The SMILES string of the molecule is COCCNCC1CCCOC1c1ccc(Br)c(F)c1. The van der Waals surface area contributed by atoms with Crippen LogP contribution in [0.5, 0.6) is 0 Å². The lowest BCUT2D eigenvalue weighted by Gasteiger charge is -2.32. The van der Waals surface area contributed by atoms with Crippen LogP contribution in [0.3, 0.4) is 0 Å². The van der Waals surface area contributed by atoms with Crippen molar-refractivity contribution in [2.24, 2.45) is 5.92 Å². The Morgan fingerprint density at radius 2 is 2.35 bits per heavy atom. The lowest BCUT2D eigenvalue weighted by molar-refractivity contribution is -0.0281. The molecule has 2 unspecified atom stereocenters. The summed E-state index contributed by atoms with van der Waals surface area (Å²) in [5.74, 6) is 0.143. The molecular weight excluding hydrogens is 325 g/mol. The molecule has 1 saturated heterocycles. The number of benzene rings is 1. The number of rotatable bonds is 6. The van der Waals surface area contributed by atoms with Gasteiger partial charge in [-0.15, -0.1) is 0 Å². The van der Waals surface area contributed by atoms with Crippen LogP contribution in [-0.2, 0) is 9.47 Å². The summed E-state index contributed by atoms with van der Waals surface area (Å²) < 4.78 is 25.1. The topological polar surface area (TPSA) is 30.5 Å². The lowest BCUT2D eigenvalue weighted by Crippen LogP contribution is -2.33. The highest BCUT2D eigenvalue weighted by Crippen LogP contribution is 2.34. The van der Waals surface area contributed by atoms with Gasteiger partial charge in [0.05, 0.1) is 17.2 Å². The van der Waals surface area contributed by atoms with Crippen LogP contribution < -0.4 is 5.32 Å². The van der Waals surface area contributed by atoms with Crippen molar-refractivity contribution in [1.82, 2.24) is 5.32 Å². The molecular formula is C15H21BrFNO2. The van der Waals surface area contributed by atoms with E-state index in [1.54, 1.807) is 19.2 Å². The highest BCUT2D eigenvalue weighted by molar-refractivity contribution is 9.10. The van der Waals surface area contributed by atoms with Crippen LogP contribution in [0.2, 0.25) is 0 Å². The molecule has 0 radical (unpaired) electrons. The first-order chi connectivity index (χ1) is 9.72. The number of halogens is 2. The summed E-state index contributed by atoms with van der Waals surface area (Å²) in [5.41, 5.74) is 0.920. The van der Waals surface area contributed by atoms with Crippen molar-refractivity contribution in [3.63, 3.8) is 0 Å². The van der Waals surface area contributed by atoms with Crippen molar-refractivity contribution in [1.29, 1.82) is 0 Å². The minimum absolute atomic E-state index is 0.0265. The Hall–Kier alpha value is -0.490.